The van der Waals surface area contributed by atoms with Crippen molar-refractivity contribution in [3.05, 3.63) is 102 Å². The highest BCUT2D eigenvalue weighted by Gasteiger charge is 2.52. The first-order chi connectivity index (χ1) is 19.8. The Morgan fingerprint density at radius 2 is 1.74 bits per heavy atom. The van der Waals surface area contributed by atoms with Crippen LogP contribution in [0, 0.1) is 0 Å². The van der Waals surface area contributed by atoms with Gasteiger partial charge in [-0.1, -0.05) is 71.2 Å². The van der Waals surface area contributed by atoms with Crippen molar-refractivity contribution in [3.63, 3.8) is 0 Å². The van der Waals surface area contributed by atoms with Crippen molar-refractivity contribution in [3.8, 4) is 5.75 Å². The number of para-hydroxylation sites is 1. The summed E-state index contributed by atoms with van der Waals surface area (Å²) in [6, 6.07) is 14.1. The van der Waals surface area contributed by atoms with E-state index in [2.05, 4.69) is 21.2 Å². The minimum atomic E-state index is -4.63. The van der Waals surface area contributed by atoms with E-state index in [-0.39, 0.29) is 32.1 Å². The first-order valence-corrected chi connectivity index (χ1v) is 14.6. The van der Waals surface area contributed by atoms with Gasteiger partial charge in [0, 0.05) is 23.6 Å². The Hall–Kier alpha value is -2.72. The third kappa shape index (κ3) is 7.25. The molecule has 0 bridgehead atoms. The lowest BCUT2D eigenvalue weighted by molar-refractivity contribution is -0.139. The van der Waals surface area contributed by atoms with E-state index >= 15 is 0 Å². The Labute approximate surface area is 264 Å². The van der Waals surface area contributed by atoms with E-state index in [4.69, 9.17) is 39.5 Å². The van der Waals surface area contributed by atoms with Crippen molar-refractivity contribution in [1.29, 1.82) is 0 Å². The predicted molar refractivity (Wildman–Crippen MR) is 162 cm³/mol. The third-order valence-corrected chi connectivity index (χ3v) is 8.75. The molecule has 1 unspecified atom stereocenters. The number of methoxy groups -OCH3 is 1. The van der Waals surface area contributed by atoms with Gasteiger partial charge in [-0.15, -0.1) is 0 Å². The van der Waals surface area contributed by atoms with Gasteiger partial charge in [-0.25, -0.2) is 0 Å². The molecule has 1 N–H and O–H groups in total. The number of benzene rings is 3. The van der Waals surface area contributed by atoms with Crippen molar-refractivity contribution in [2.45, 2.75) is 37.0 Å². The van der Waals surface area contributed by atoms with E-state index in [1.807, 2.05) is 24.3 Å². The van der Waals surface area contributed by atoms with Crippen LogP contribution in [0.4, 0.5) is 13.2 Å². The molecule has 1 aliphatic rings. The maximum absolute atomic E-state index is 13.9. The van der Waals surface area contributed by atoms with Crippen LogP contribution in [-0.4, -0.2) is 42.6 Å². The van der Waals surface area contributed by atoms with Crippen LogP contribution in [0.25, 0.3) is 6.08 Å². The third-order valence-electron chi connectivity index (χ3n) is 6.90. The molecule has 1 aliphatic carbocycles. The van der Waals surface area contributed by atoms with Crippen LogP contribution < -0.4 is 10.1 Å². The van der Waals surface area contributed by atoms with Gasteiger partial charge in [-0.2, -0.15) is 13.2 Å². The van der Waals surface area contributed by atoms with E-state index in [0.29, 0.717) is 35.2 Å². The number of nitrogens with zero attached hydrogens (tertiary/aromatic N) is 1. The number of alkyl halides is 3. The first-order valence-electron chi connectivity index (χ1n) is 12.6. The van der Waals surface area contributed by atoms with Crippen LogP contribution in [0.1, 0.15) is 45.8 Å². The highest BCUT2D eigenvalue weighted by molar-refractivity contribution is 9.10. The first kappa shape index (κ1) is 32.2. The van der Waals surface area contributed by atoms with Gasteiger partial charge in [0.1, 0.15) is 11.3 Å². The molecule has 0 spiro atoms. The number of carbonyl (C=O) groups excluding carboxylic acids is 2. The standard InChI is InChI=1S/C30H25BrCl3F3N2O3/c1-39(16-18-5-3-4-6-25(18)42-2)28(41)29(11-12-29)38-27(40)20-9-7-17(13-22(20)31)8-10-21(30(35,36)37)19-14-23(32)26(34)24(33)15-19/h3-10,13-15,21H,11-12,16H2,1-2H3,(H,38,40). The highest BCUT2D eigenvalue weighted by Crippen LogP contribution is 2.41. The number of hydrogen-bond donors (Lipinski definition) is 1. The Morgan fingerprint density at radius 3 is 2.31 bits per heavy atom. The fraction of sp³-hybridized carbons (Fsp3) is 0.267. The van der Waals surface area contributed by atoms with Crippen molar-refractivity contribution in [1.82, 2.24) is 10.2 Å². The van der Waals surface area contributed by atoms with Crippen LogP contribution >= 0.6 is 50.7 Å². The number of rotatable bonds is 9. The molecule has 1 atom stereocenters. The molecule has 2 amide bonds. The van der Waals surface area contributed by atoms with Crippen LogP contribution in [0.2, 0.25) is 15.1 Å². The summed E-state index contributed by atoms with van der Waals surface area (Å²) in [4.78, 5) is 28.0. The van der Waals surface area contributed by atoms with Gasteiger partial charge >= 0.3 is 6.18 Å². The summed E-state index contributed by atoms with van der Waals surface area (Å²) in [7, 11) is 3.22. The molecule has 3 aromatic carbocycles. The zero-order valence-corrected chi connectivity index (χ0v) is 26.2. The summed E-state index contributed by atoms with van der Waals surface area (Å²) >= 11 is 21.1. The molecular weight excluding hydrogens is 680 g/mol. The molecule has 0 radical (unpaired) electrons. The average molecular weight is 705 g/mol. The minimum Gasteiger partial charge on any atom is -0.496 e. The molecule has 0 saturated heterocycles. The summed E-state index contributed by atoms with van der Waals surface area (Å²) in [5.41, 5.74) is 0.296. The second kappa shape index (κ2) is 12.9. The van der Waals surface area contributed by atoms with E-state index in [1.165, 1.54) is 24.3 Å². The smallest absolute Gasteiger partial charge is 0.399 e. The lowest BCUT2D eigenvalue weighted by atomic mass is 9.97. The normalized spacial score (nSPS) is 14.9. The fourth-order valence-corrected chi connectivity index (χ4v) is 5.71. The zero-order valence-electron chi connectivity index (χ0n) is 22.4. The monoisotopic (exact) mass is 702 g/mol. The number of ether oxygens (including phenoxy) is 1. The van der Waals surface area contributed by atoms with Crippen molar-refractivity contribution in [2.75, 3.05) is 14.2 Å². The molecule has 0 aliphatic heterocycles. The summed E-state index contributed by atoms with van der Waals surface area (Å²) in [5, 5.41) is 2.66. The summed E-state index contributed by atoms with van der Waals surface area (Å²) in [6.45, 7) is 0.304. The Balaban J connectivity index is 1.47. The molecule has 5 nitrogen and oxygen atoms in total. The Bertz CT molecular complexity index is 1520. The van der Waals surface area contributed by atoms with E-state index < -0.39 is 23.5 Å². The fourth-order valence-electron chi connectivity index (χ4n) is 4.52. The van der Waals surface area contributed by atoms with Gasteiger partial charge < -0.3 is 15.0 Å². The topological polar surface area (TPSA) is 58.6 Å². The van der Waals surface area contributed by atoms with Gasteiger partial charge in [0.2, 0.25) is 5.91 Å². The lowest BCUT2D eigenvalue weighted by Gasteiger charge is -2.25. The number of hydrogen-bond acceptors (Lipinski definition) is 3. The molecule has 12 heteroatoms. The lowest BCUT2D eigenvalue weighted by Crippen LogP contribution is -2.49. The molecule has 1 fully saturated rings. The molecule has 0 heterocycles. The summed E-state index contributed by atoms with van der Waals surface area (Å²) in [5.74, 6) is -2.04. The second-order valence-corrected chi connectivity index (χ2v) is 12.0. The maximum atomic E-state index is 13.9. The Kier molecular flexibility index (Phi) is 9.87. The second-order valence-electron chi connectivity index (χ2n) is 9.93. The number of allylic oxidation sites excluding steroid dienone is 1. The van der Waals surface area contributed by atoms with Crippen molar-refractivity contribution < 1.29 is 27.5 Å². The van der Waals surface area contributed by atoms with Crippen LogP contribution in [0.3, 0.4) is 0 Å². The van der Waals surface area contributed by atoms with Gasteiger partial charge in [-0.3, -0.25) is 9.59 Å². The van der Waals surface area contributed by atoms with Crippen LogP contribution in [0.5, 0.6) is 5.75 Å². The number of amides is 2. The van der Waals surface area contributed by atoms with Crippen molar-refractivity contribution in [2.24, 2.45) is 0 Å². The summed E-state index contributed by atoms with van der Waals surface area (Å²) < 4.78 is 47.4. The predicted octanol–water partition coefficient (Wildman–Crippen LogP) is 8.70. The Morgan fingerprint density at radius 1 is 1.10 bits per heavy atom. The minimum absolute atomic E-state index is 0.0254. The largest absolute Gasteiger partial charge is 0.496 e. The number of carbonyl (C=O) groups is 2. The van der Waals surface area contributed by atoms with Gasteiger partial charge in [0.05, 0.1) is 33.7 Å². The van der Waals surface area contributed by atoms with E-state index in [9.17, 15) is 22.8 Å². The van der Waals surface area contributed by atoms with Crippen LogP contribution in [-0.2, 0) is 11.3 Å². The van der Waals surface area contributed by atoms with Crippen molar-refractivity contribution >= 4 is 68.6 Å². The molecule has 0 aromatic heterocycles. The zero-order chi connectivity index (χ0) is 30.8. The maximum Gasteiger partial charge on any atom is 0.399 e. The number of nitrogens with one attached hydrogen (secondary N) is 1. The molecule has 3 aromatic rings. The van der Waals surface area contributed by atoms with Crippen LogP contribution in [0.15, 0.2) is 65.1 Å². The van der Waals surface area contributed by atoms with E-state index in [0.717, 1.165) is 23.8 Å². The molecule has 1 saturated carbocycles. The average Bonchev–Trinajstić information content (AvgIpc) is 3.71. The van der Waals surface area contributed by atoms with Gasteiger partial charge in [0.25, 0.3) is 5.91 Å². The molecule has 42 heavy (non-hydrogen) atoms. The van der Waals surface area contributed by atoms with E-state index in [1.54, 1.807) is 19.1 Å². The summed E-state index contributed by atoms with van der Waals surface area (Å²) in [6.07, 6.45) is -1.38. The molecular formula is C30H25BrCl3F3N2O3. The number of likely N-dealkylation sites (N-methyl/N-ethyl adjacent to an activating group) is 1. The number of halogens is 7. The highest BCUT2D eigenvalue weighted by atomic mass is 79.9. The quantitative estimate of drug-likeness (QED) is 0.227. The molecule has 4 rings (SSSR count). The van der Waals surface area contributed by atoms with Gasteiger partial charge in [0.15, 0.2) is 0 Å². The molecule has 222 valence electrons. The van der Waals surface area contributed by atoms with Gasteiger partial charge in [-0.05, 0) is 70.2 Å². The SMILES string of the molecule is COc1ccccc1CN(C)C(=O)C1(NC(=O)c2ccc(C=CC(c3cc(Cl)c(Cl)c(Cl)c3)C(F)(F)F)cc2Br)CC1.